The second kappa shape index (κ2) is 11.5. The normalized spacial score (nSPS) is 42.9. The second-order valence-electron chi connectivity index (χ2n) is 12.1. The van der Waals surface area contributed by atoms with Gasteiger partial charge in [0.2, 0.25) is 0 Å². The molecule has 1 heteroatoms. The molecule has 0 saturated heterocycles. The number of ether oxygens (including phenoxy) is 1. The van der Waals surface area contributed by atoms with Crippen LogP contribution in [0.1, 0.15) is 117 Å². The van der Waals surface area contributed by atoms with Gasteiger partial charge in [-0.3, -0.25) is 0 Å². The van der Waals surface area contributed by atoms with Crippen molar-refractivity contribution in [2.24, 2.45) is 41.4 Å². The molecule has 4 rings (SSSR count). The molecule has 0 aromatic rings. The second-order valence-corrected chi connectivity index (χ2v) is 12.1. The average molecular weight is 415 g/mol. The summed E-state index contributed by atoms with van der Waals surface area (Å²) in [6.07, 6.45) is 28.9. The Kier molecular flexibility index (Phi) is 8.79. The number of hydrogen-bond donors (Lipinski definition) is 0. The molecule has 0 N–H and O–H groups in total. The zero-order valence-corrected chi connectivity index (χ0v) is 20.2. The van der Waals surface area contributed by atoms with E-state index in [-0.39, 0.29) is 0 Å². The van der Waals surface area contributed by atoms with Gasteiger partial charge in [0.05, 0.1) is 12.7 Å². The maximum absolute atomic E-state index is 6.36. The Morgan fingerprint density at radius 1 is 0.600 bits per heavy atom. The van der Waals surface area contributed by atoms with E-state index in [1.807, 2.05) is 0 Å². The summed E-state index contributed by atoms with van der Waals surface area (Å²) < 4.78 is 6.36. The van der Waals surface area contributed by atoms with Crippen molar-refractivity contribution in [1.29, 1.82) is 0 Å². The summed E-state index contributed by atoms with van der Waals surface area (Å²) in [5.74, 6) is 6.66. The van der Waals surface area contributed by atoms with Crippen molar-refractivity contribution >= 4 is 0 Å². The van der Waals surface area contributed by atoms with Crippen molar-refractivity contribution in [1.82, 2.24) is 0 Å². The van der Waals surface area contributed by atoms with Crippen LogP contribution < -0.4 is 0 Å². The third kappa shape index (κ3) is 6.85. The highest BCUT2D eigenvalue weighted by Gasteiger charge is 2.31. The smallest absolute Gasteiger partial charge is 0.0575 e. The fourth-order valence-electron chi connectivity index (χ4n) is 7.18. The minimum absolute atomic E-state index is 0.559. The maximum atomic E-state index is 6.36. The molecule has 1 nitrogen and oxygen atoms in total. The Hall–Kier alpha value is -0.300. The minimum atomic E-state index is 0.559. The van der Waals surface area contributed by atoms with Gasteiger partial charge in [0, 0.05) is 5.92 Å². The monoisotopic (exact) mass is 414 g/mol. The summed E-state index contributed by atoms with van der Waals surface area (Å²) in [5, 5.41) is 0. The van der Waals surface area contributed by atoms with E-state index in [1.54, 1.807) is 12.8 Å². The van der Waals surface area contributed by atoms with Crippen molar-refractivity contribution in [3.05, 3.63) is 12.2 Å². The van der Waals surface area contributed by atoms with Crippen molar-refractivity contribution in [2.45, 2.75) is 123 Å². The van der Waals surface area contributed by atoms with Gasteiger partial charge in [0.15, 0.2) is 0 Å². The summed E-state index contributed by atoms with van der Waals surface area (Å²) in [7, 11) is 0. The molecule has 0 spiro atoms. The lowest BCUT2D eigenvalue weighted by molar-refractivity contribution is -0.00556. The van der Waals surface area contributed by atoms with E-state index in [1.165, 1.54) is 89.9 Å². The Balaban J connectivity index is 1.08. The molecular formula is C29H50O. The molecule has 0 aromatic heterocycles. The van der Waals surface area contributed by atoms with E-state index in [2.05, 4.69) is 26.0 Å². The quantitative estimate of drug-likeness (QED) is 0.379. The van der Waals surface area contributed by atoms with E-state index in [4.69, 9.17) is 4.74 Å². The third-order valence-electron chi connectivity index (χ3n) is 9.65. The summed E-state index contributed by atoms with van der Waals surface area (Å²) >= 11 is 0. The first-order valence-electron chi connectivity index (χ1n) is 14.0. The summed E-state index contributed by atoms with van der Waals surface area (Å²) in [6.45, 7) is 5.76. The van der Waals surface area contributed by atoms with Gasteiger partial charge >= 0.3 is 0 Å². The molecule has 3 fully saturated rings. The van der Waals surface area contributed by atoms with Gasteiger partial charge in [-0.05, 0) is 86.9 Å². The standard InChI is InChI=1S/C29H50O/c1-22-3-7-24(8-4-22)11-12-25-13-15-27(16-14-25)28-17-19-29(20-18-28)30-21-26-9-5-23(2)6-10-26/h5,9,22-29H,3-4,6-8,10-21H2,1-2H3. The van der Waals surface area contributed by atoms with E-state index >= 15 is 0 Å². The molecule has 0 radical (unpaired) electrons. The summed E-state index contributed by atoms with van der Waals surface area (Å²) in [5.41, 5.74) is 0. The molecule has 3 saturated carbocycles. The molecule has 0 aliphatic heterocycles. The van der Waals surface area contributed by atoms with E-state index in [0.717, 1.165) is 42.1 Å². The Labute approximate surface area is 187 Å². The first kappa shape index (κ1) is 22.9. The highest BCUT2D eigenvalue weighted by Crippen LogP contribution is 2.42. The molecule has 0 heterocycles. The predicted molar refractivity (Wildman–Crippen MR) is 129 cm³/mol. The summed E-state index contributed by atoms with van der Waals surface area (Å²) in [6, 6.07) is 0. The topological polar surface area (TPSA) is 9.23 Å². The van der Waals surface area contributed by atoms with Crippen molar-refractivity contribution in [3.63, 3.8) is 0 Å². The number of allylic oxidation sites excluding steroid dienone is 1. The third-order valence-corrected chi connectivity index (χ3v) is 9.65. The van der Waals surface area contributed by atoms with E-state index in [9.17, 15) is 0 Å². The number of hydrogen-bond acceptors (Lipinski definition) is 1. The van der Waals surface area contributed by atoms with Crippen LogP contribution in [-0.4, -0.2) is 12.7 Å². The van der Waals surface area contributed by atoms with Gasteiger partial charge in [0.1, 0.15) is 0 Å². The molecule has 4 aliphatic rings. The molecule has 4 aliphatic carbocycles. The average Bonchev–Trinajstić information content (AvgIpc) is 2.79. The van der Waals surface area contributed by atoms with Crippen LogP contribution in [0, 0.1) is 41.4 Å². The highest BCUT2D eigenvalue weighted by atomic mass is 16.5. The van der Waals surface area contributed by atoms with Crippen molar-refractivity contribution in [3.8, 4) is 0 Å². The van der Waals surface area contributed by atoms with Gasteiger partial charge in [-0.15, -0.1) is 0 Å². The van der Waals surface area contributed by atoms with Crippen LogP contribution >= 0.6 is 0 Å². The van der Waals surface area contributed by atoms with E-state index < -0.39 is 0 Å². The van der Waals surface area contributed by atoms with Crippen molar-refractivity contribution in [2.75, 3.05) is 6.61 Å². The van der Waals surface area contributed by atoms with E-state index in [0.29, 0.717) is 12.0 Å². The van der Waals surface area contributed by atoms with Gasteiger partial charge in [-0.25, -0.2) is 0 Å². The highest BCUT2D eigenvalue weighted by molar-refractivity contribution is 4.96. The molecule has 172 valence electrons. The molecule has 0 aromatic carbocycles. The van der Waals surface area contributed by atoms with Crippen LogP contribution in [-0.2, 0) is 4.74 Å². The molecule has 0 bridgehead atoms. The SMILES string of the molecule is CC1C=CC(COC2CCC(C3CCC(CCC4CCC(C)CC4)CC3)CC2)CC1. The summed E-state index contributed by atoms with van der Waals surface area (Å²) in [4.78, 5) is 0. The first-order valence-corrected chi connectivity index (χ1v) is 14.0. The van der Waals surface area contributed by atoms with Crippen LogP contribution in [0.5, 0.6) is 0 Å². The van der Waals surface area contributed by atoms with Crippen LogP contribution in [0.4, 0.5) is 0 Å². The molecular weight excluding hydrogens is 364 g/mol. The first-order chi connectivity index (χ1) is 14.7. The van der Waals surface area contributed by atoms with Gasteiger partial charge < -0.3 is 4.74 Å². The van der Waals surface area contributed by atoms with Gasteiger partial charge in [-0.2, -0.15) is 0 Å². The van der Waals surface area contributed by atoms with Gasteiger partial charge in [-0.1, -0.05) is 77.4 Å². The minimum Gasteiger partial charge on any atom is -0.378 e. The largest absolute Gasteiger partial charge is 0.378 e. The van der Waals surface area contributed by atoms with Crippen LogP contribution in [0.3, 0.4) is 0 Å². The fourth-order valence-corrected chi connectivity index (χ4v) is 7.18. The maximum Gasteiger partial charge on any atom is 0.0575 e. The lowest BCUT2D eigenvalue weighted by atomic mass is 9.69. The van der Waals surface area contributed by atoms with Crippen molar-refractivity contribution < 1.29 is 4.74 Å². The Bertz CT molecular complexity index is 500. The lowest BCUT2D eigenvalue weighted by Crippen LogP contribution is -2.29. The van der Waals surface area contributed by atoms with Crippen LogP contribution in [0.25, 0.3) is 0 Å². The van der Waals surface area contributed by atoms with Gasteiger partial charge in [0.25, 0.3) is 0 Å². The Morgan fingerprint density at radius 2 is 1.17 bits per heavy atom. The molecule has 0 amide bonds. The lowest BCUT2D eigenvalue weighted by Gasteiger charge is -2.38. The predicted octanol–water partition coefficient (Wildman–Crippen LogP) is 8.58. The van der Waals surface area contributed by atoms with Crippen LogP contribution in [0.15, 0.2) is 12.2 Å². The zero-order valence-electron chi connectivity index (χ0n) is 20.2. The molecule has 30 heavy (non-hydrogen) atoms. The Morgan fingerprint density at radius 3 is 1.73 bits per heavy atom. The molecule has 2 atom stereocenters. The fraction of sp³-hybridized carbons (Fsp3) is 0.931. The zero-order chi connectivity index (χ0) is 20.8. The molecule has 2 unspecified atom stereocenters. The number of rotatable bonds is 7. The van der Waals surface area contributed by atoms with Crippen LogP contribution in [0.2, 0.25) is 0 Å².